The molecule has 1 aromatic carbocycles. The van der Waals surface area contributed by atoms with Crippen molar-refractivity contribution in [1.29, 1.82) is 0 Å². The van der Waals surface area contributed by atoms with Crippen molar-refractivity contribution in [3.8, 4) is 5.69 Å². The lowest BCUT2D eigenvalue weighted by atomic mass is 10.1. The van der Waals surface area contributed by atoms with E-state index in [1.807, 2.05) is 36.6 Å². The number of benzene rings is 1. The Morgan fingerprint density at radius 2 is 1.89 bits per heavy atom. The quantitative estimate of drug-likeness (QED) is 0.634. The predicted molar refractivity (Wildman–Crippen MR) is 80.5 cm³/mol. The third-order valence-electron chi connectivity index (χ3n) is 3.04. The molecule has 0 aliphatic carbocycles. The summed E-state index contributed by atoms with van der Waals surface area (Å²) in [6.07, 6.45) is 3.46. The maximum absolute atomic E-state index is 12.2. The molecule has 0 saturated heterocycles. The fourth-order valence-corrected chi connectivity index (χ4v) is 2.47. The van der Waals surface area contributed by atoms with E-state index in [2.05, 4.69) is 6.58 Å². The molecule has 4 heteroatoms. The Bertz CT molecular complexity index is 720. The zero-order valence-corrected chi connectivity index (χ0v) is 11.9. The van der Waals surface area contributed by atoms with Crippen molar-refractivity contribution < 1.29 is 0 Å². The molecule has 0 radical (unpaired) electrons. The van der Waals surface area contributed by atoms with Crippen molar-refractivity contribution in [2.75, 3.05) is 0 Å². The maximum Gasteiger partial charge on any atom is 0.258 e. The fourth-order valence-electron chi connectivity index (χ4n) is 2.16. The van der Waals surface area contributed by atoms with E-state index in [1.165, 1.54) is 6.07 Å². The molecule has 2 aromatic rings. The van der Waals surface area contributed by atoms with Crippen molar-refractivity contribution >= 4 is 12.2 Å². The normalized spacial score (nSPS) is 10.4. The van der Waals surface area contributed by atoms with Gasteiger partial charge in [-0.2, -0.15) is 0 Å². The lowest BCUT2D eigenvalue weighted by Crippen LogP contribution is -2.23. The van der Waals surface area contributed by atoms with Crippen molar-refractivity contribution in [3.05, 3.63) is 69.4 Å². The van der Waals surface area contributed by atoms with E-state index in [0.29, 0.717) is 11.3 Å². The van der Waals surface area contributed by atoms with Gasteiger partial charge >= 0.3 is 0 Å². The SMILES string of the molecule is C=CCn1ccc(=O)n(-c2c(C)cccc2C)c1=S. The number of allylic oxidation sites excluding steroid dienone is 1. The van der Waals surface area contributed by atoms with Gasteiger partial charge in [0, 0.05) is 18.8 Å². The average molecular weight is 272 g/mol. The van der Waals surface area contributed by atoms with Crippen LogP contribution < -0.4 is 5.56 Å². The van der Waals surface area contributed by atoms with Crippen LogP contribution >= 0.6 is 12.2 Å². The largest absolute Gasteiger partial charge is 0.321 e. The van der Waals surface area contributed by atoms with E-state index < -0.39 is 0 Å². The molecule has 0 saturated carbocycles. The van der Waals surface area contributed by atoms with E-state index in [4.69, 9.17) is 12.2 Å². The summed E-state index contributed by atoms with van der Waals surface area (Å²) in [5.41, 5.74) is 2.83. The summed E-state index contributed by atoms with van der Waals surface area (Å²) in [7, 11) is 0. The van der Waals surface area contributed by atoms with Crippen LogP contribution in [0.5, 0.6) is 0 Å². The van der Waals surface area contributed by atoms with Gasteiger partial charge in [0.1, 0.15) is 0 Å². The Balaban J connectivity index is 2.83. The van der Waals surface area contributed by atoms with Gasteiger partial charge in [-0.1, -0.05) is 24.3 Å². The fraction of sp³-hybridized carbons (Fsp3) is 0.200. The van der Waals surface area contributed by atoms with Crippen molar-refractivity contribution in [3.63, 3.8) is 0 Å². The van der Waals surface area contributed by atoms with Crippen LogP contribution in [0.25, 0.3) is 5.69 Å². The molecule has 0 bridgehead atoms. The molecule has 0 aliphatic rings. The first-order valence-corrected chi connectivity index (χ1v) is 6.47. The minimum absolute atomic E-state index is 0.109. The summed E-state index contributed by atoms with van der Waals surface area (Å²) in [4.78, 5) is 12.2. The molecule has 3 nitrogen and oxygen atoms in total. The molecule has 2 rings (SSSR count). The predicted octanol–water partition coefficient (Wildman–Crippen LogP) is 3.17. The van der Waals surface area contributed by atoms with Crippen molar-refractivity contribution in [1.82, 2.24) is 9.13 Å². The van der Waals surface area contributed by atoms with E-state index in [0.717, 1.165) is 16.8 Å². The first kappa shape index (κ1) is 13.5. The molecule has 1 heterocycles. The molecule has 0 aliphatic heterocycles. The summed E-state index contributed by atoms with van der Waals surface area (Å²) >= 11 is 5.42. The number of rotatable bonds is 3. The van der Waals surface area contributed by atoms with Crippen LogP contribution in [0.1, 0.15) is 11.1 Å². The van der Waals surface area contributed by atoms with Crippen LogP contribution in [0.4, 0.5) is 0 Å². The van der Waals surface area contributed by atoms with Crippen LogP contribution in [0.3, 0.4) is 0 Å². The first-order chi connectivity index (χ1) is 9.06. The molecule has 0 amide bonds. The number of hydrogen-bond donors (Lipinski definition) is 0. The highest BCUT2D eigenvalue weighted by molar-refractivity contribution is 7.71. The molecule has 0 atom stereocenters. The van der Waals surface area contributed by atoms with Gasteiger partial charge in [0.2, 0.25) is 0 Å². The molecule has 98 valence electrons. The monoisotopic (exact) mass is 272 g/mol. The lowest BCUT2D eigenvalue weighted by Gasteiger charge is -2.14. The van der Waals surface area contributed by atoms with Crippen LogP contribution in [-0.4, -0.2) is 9.13 Å². The third-order valence-corrected chi connectivity index (χ3v) is 3.46. The smallest absolute Gasteiger partial charge is 0.258 e. The second-order valence-corrected chi connectivity index (χ2v) is 4.82. The van der Waals surface area contributed by atoms with Crippen LogP contribution in [0.15, 0.2) is 47.9 Å². The third kappa shape index (κ3) is 2.44. The van der Waals surface area contributed by atoms with Gasteiger partial charge in [-0.05, 0) is 37.2 Å². The number of aryl methyl sites for hydroxylation is 2. The minimum atomic E-state index is -0.109. The van der Waals surface area contributed by atoms with Gasteiger partial charge < -0.3 is 4.57 Å². The van der Waals surface area contributed by atoms with E-state index >= 15 is 0 Å². The molecule has 19 heavy (non-hydrogen) atoms. The van der Waals surface area contributed by atoms with Gasteiger partial charge in [0.15, 0.2) is 4.77 Å². The highest BCUT2D eigenvalue weighted by Crippen LogP contribution is 2.17. The van der Waals surface area contributed by atoms with Crippen LogP contribution in [-0.2, 0) is 6.54 Å². The zero-order valence-electron chi connectivity index (χ0n) is 11.1. The topological polar surface area (TPSA) is 26.9 Å². The van der Waals surface area contributed by atoms with Gasteiger partial charge in [-0.15, -0.1) is 6.58 Å². The second-order valence-electron chi connectivity index (χ2n) is 4.45. The molecule has 1 aromatic heterocycles. The highest BCUT2D eigenvalue weighted by Gasteiger charge is 2.09. The Hall–Kier alpha value is -1.94. The Morgan fingerprint density at radius 3 is 2.47 bits per heavy atom. The number of aromatic nitrogens is 2. The Morgan fingerprint density at radius 1 is 1.26 bits per heavy atom. The molecule has 0 spiro atoms. The summed E-state index contributed by atoms with van der Waals surface area (Å²) in [5, 5.41) is 0. The van der Waals surface area contributed by atoms with Gasteiger partial charge in [0.25, 0.3) is 5.56 Å². The minimum Gasteiger partial charge on any atom is -0.321 e. The highest BCUT2D eigenvalue weighted by atomic mass is 32.1. The average Bonchev–Trinajstić information content (AvgIpc) is 2.36. The lowest BCUT2D eigenvalue weighted by molar-refractivity contribution is 0.720. The summed E-state index contributed by atoms with van der Waals surface area (Å²) in [6, 6.07) is 7.47. The van der Waals surface area contributed by atoms with Crippen LogP contribution in [0.2, 0.25) is 0 Å². The van der Waals surface area contributed by atoms with E-state index in [-0.39, 0.29) is 5.56 Å². The molecular formula is C15H16N2OS. The summed E-state index contributed by atoms with van der Waals surface area (Å²) in [6.45, 7) is 8.25. The Kier molecular flexibility index (Phi) is 3.81. The number of hydrogen-bond acceptors (Lipinski definition) is 2. The molecule has 0 N–H and O–H groups in total. The zero-order chi connectivity index (χ0) is 14.0. The van der Waals surface area contributed by atoms with E-state index in [9.17, 15) is 4.79 Å². The molecule has 0 fully saturated rings. The van der Waals surface area contributed by atoms with E-state index in [1.54, 1.807) is 16.8 Å². The van der Waals surface area contributed by atoms with Gasteiger partial charge in [0.05, 0.1) is 5.69 Å². The Labute approximate surface area is 117 Å². The summed E-state index contributed by atoms with van der Waals surface area (Å²) < 4.78 is 3.91. The maximum atomic E-state index is 12.2. The van der Waals surface area contributed by atoms with Gasteiger partial charge in [-0.3, -0.25) is 9.36 Å². The van der Waals surface area contributed by atoms with Crippen molar-refractivity contribution in [2.24, 2.45) is 0 Å². The van der Waals surface area contributed by atoms with Crippen molar-refractivity contribution in [2.45, 2.75) is 20.4 Å². The van der Waals surface area contributed by atoms with Crippen LogP contribution in [0, 0.1) is 18.6 Å². The second kappa shape index (κ2) is 5.36. The number of nitrogens with zero attached hydrogens (tertiary/aromatic N) is 2. The summed E-state index contributed by atoms with van der Waals surface area (Å²) in [5.74, 6) is 0. The molecular weight excluding hydrogens is 256 g/mol. The van der Waals surface area contributed by atoms with Gasteiger partial charge in [-0.25, -0.2) is 0 Å². The first-order valence-electron chi connectivity index (χ1n) is 6.06. The molecule has 0 unspecified atom stereocenters. The standard InChI is InChI=1S/C15H16N2OS/c1-4-9-16-10-8-13(18)17(15(16)19)14-11(2)6-5-7-12(14)3/h4-8,10H,1,9H2,2-3H3. The number of para-hydroxylation sites is 1.